The molecule has 0 aromatic heterocycles. The highest BCUT2D eigenvalue weighted by molar-refractivity contribution is 6.56. The Morgan fingerprint density at radius 1 is 1.46 bits per heavy atom. The van der Waals surface area contributed by atoms with E-state index in [0.29, 0.717) is 0 Å². The molecule has 1 atom stereocenters. The predicted octanol–water partition coefficient (Wildman–Crippen LogP) is 2.07. The molecule has 5 heteroatoms. The number of esters is 1. The second kappa shape index (κ2) is 6.00. The molecule has 0 aliphatic heterocycles. The lowest BCUT2D eigenvalue weighted by atomic mass is 10.1. The van der Waals surface area contributed by atoms with Gasteiger partial charge in [-0.1, -0.05) is 23.2 Å². The molecule has 0 rings (SSSR count). The van der Waals surface area contributed by atoms with E-state index in [0.717, 1.165) is 6.08 Å². The molecule has 13 heavy (non-hydrogen) atoms. The van der Waals surface area contributed by atoms with Gasteiger partial charge in [0.05, 0.1) is 6.61 Å². The summed E-state index contributed by atoms with van der Waals surface area (Å²) in [6.45, 7) is 3.15. The zero-order valence-corrected chi connectivity index (χ0v) is 8.85. The van der Waals surface area contributed by atoms with Gasteiger partial charge in [-0.2, -0.15) is 0 Å². The number of halogens is 2. The quantitative estimate of drug-likeness (QED) is 0.543. The van der Waals surface area contributed by atoms with Crippen molar-refractivity contribution in [2.45, 2.75) is 13.8 Å². The third kappa shape index (κ3) is 4.90. The fourth-order valence-electron chi connectivity index (χ4n) is 0.709. The van der Waals surface area contributed by atoms with Crippen LogP contribution in [0.2, 0.25) is 0 Å². The van der Waals surface area contributed by atoms with Gasteiger partial charge < -0.3 is 4.74 Å². The molecule has 74 valence electrons. The van der Waals surface area contributed by atoms with Gasteiger partial charge in [-0.15, -0.1) is 0 Å². The average molecular weight is 225 g/mol. The lowest BCUT2D eigenvalue weighted by Gasteiger charge is -2.07. The molecule has 0 saturated carbocycles. The Morgan fingerprint density at radius 3 is 2.31 bits per heavy atom. The molecule has 0 heterocycles. The molecule has 0 N–H and O–H groups in total. The average Bonchev–Trinajstić information content (AvgIpc) is 1.99. The summed E-state index contributed by atoms with van der Waals surface area (Å²) in [5, 5.41) is 0. The van der Waals surface area contributed by atoms with Gasteiger partial charge in [-0.25, -0.2) is 0 Å². The third-order valence-electron chi connectivity index (χ3n) is 1.27. The summed E-state index contributed by atoms with van der Waals surface area (Å²) in [5.41, 5.74) is 0. The van der Waals surface area contributed by atoms with Crippen LogP contribution >= 0.6 is 23.2 Å². The third-order valence-corrected chi connectivity index (χ3v) is 1.52. The van der Waals surface area contributed by atoms with E-state index in [-0.39, 0.29) is 16.9 Å². The molecular formula is C8H10Cl2O3. The molecule has 0 aromatic carbocycles. The summed E-state index contributed by atoms with van der Waals surface area (Å²) in [6, 6.07) is 0. The standard InChI is InChI=1S/C8H10Cl2O3/c1-3-13-8(12)6(5(2)11)4-7(9)10/h4,6H,3H2,1-2H3/t6-/m0/s1. The van der Waals surface area contributed by atoms with Crippen molar-refractivity contribution < 1.29 is 14.3 Å². The predicted molar refractivity (Wildman–Crippen MR) is 50.6 cm³/mol. The van der Waals surface area contributed by atoms with Gasteiger partial charge in [0, 0.05) is 0 Å². The van der Waals surface area contributed by atoms with Gasteiger partial charge in [-0.3, -0.25) is 9.59 Å². The Kier molecular flexibility index (Phi) is 5.75. The zero-order valence-electron chi connectivity index (χ0n) is 7.34. The lowest BCUT2D eigenvalue weighted by molar-refractivity contribution is -0.149. The van der Waals surface area contributed by atoms with Gasteiger partial charge >= 0.3 is 5.97 Å². The van der Waals surface area contributed by atoms with Crippen LogP contribution < -0.4 is 0 Å². The van der Waals surface area contributed by atoms with Crippen molar-refractivity contribution >= 4 is 35.0 Å². The van der Waals surface area contributed by atoms with Crippen molar-refractivity contribution in [2.75, 3.05) is 6.61 Å². The highest BCUT2D eigenvalue weighted by atomic mass is 35.5. The molecule has 0 amide bonds. The van der Waals surface area contributed by atoms with Gasteiger partial charge in [0.2, 0.25) is 0 Å². The van der Waals surface area contributed by atoms with Gasteiger partial charge in [0.1, 0.15) is 16.2 Å². The van der Waals surface area contributed by atoms with Crippen LogP contribution in [-0.2, 0) is 14.3 Å². The first-order valence-electron chi connectivity index (χ1n) is 3.69. The van der Waals surface area contributed by atoms with E-state index in [1.165, 1.54) is 6.92 Å². The van der Waals surface area contributed by atoms with Crippen molar-refractivity contribution in [3.63, 3.8) is 0 Å². The number of ketones is 1. The molecule has 3 nitrogen and oxygen atoms in total. The number of rotatable bonds is 4. The van der Waals surface area contributed by atoms with Gasteiger partial charge in [0.15, 0.2) is 0 Å². The fraction of sp³-hybridized carbons (Fsp3) is 0.500. The summed E-state index contributed by atoms with van der Waals surface area (Å²) >= 11 is 10.7. The molecule has 0 unspecified atom stereocenters. The van der Waals surface area contributed by atoms with Crippen molar-refractivity contribution in [3.8, 4) is 0 Å². The summed E-state index contributed by atoms with van der Waals surface area (Å²) < 4.78 is 4.53. The summed E-state index contributed by atoms with van der Waals surface area (Å²) in [6.07, 6.45) is 1.16. The van der Waals surface area contributed by atoms with Crippen LogP contribution in [0.25, 0.3) is 0 Å². The summed E-state index contributed by atoms with van der Waals surface area (Å²) in [4.78, 5) is 22.0. The smallest absolute Gasteiger partial charge is 0.320 e. The van der Waals surface area contributed by atoms with Gasteiger partial charge in [0.25, 0.3) is 0 Å². The van der Waals surface area contributed by atoms with E-state index in [2.05, 4.69) is 4.74 Å². The number of hydrogen-bond acceptors (Lipinski definition) is 3. The van der Waals surface area contributed by atoms with Crippen molar-refractivity contribution in [3.05, 3.63) is 10.6 Å². The first-order valence-corrected chi connectivity index (χ1v) is 4.44. The monoisotopic (exact) mass is 224 g/mol. The Balaban J connectivity index is 4.52. The Labute approximate surface area is 86.6 Å². The molecule has 0 aliphatic rings. The normalized spacial score (nSPS) is 11.7. The maximum Gasteiger partial charge on any atom is 0.320 e. The molecule has 0 aliphatic carbocycles. The Hall–Kier alpha value is -0.540. The minimum atomic E-state index is -0.995. The zero-order chi connectivity index (χ0) is 10.4. The van der Waals surface area contributed by atoms with Crippen LogP contribution in [-0.4, -0.2) is 18.4 Å². The van der Waals surface area contributed by atoms with Crippen LogP contribution in [0.4, 0.5) is 0 Å². The highest BCUT2D eigenvalue weighted by Gasteiger charge is 2.22. The number of carbonyl (C=O) groups is 2. The first kappa shape index (κ1) is 12.5. The molecule has 0 spiro atoms. The largest absolute Gasteiger partial charge is 0.465 e. The second-order valence-corrected chi connectivity index (χ2v) is 3.30. The Morgan fingerprint density at radius 2 is 2.00 bits per heavy atom. The number of carbonyl (C=O) groups excluding carboxylic acids is 2. The van der Waals surface area contributed by atoms with E-state index < -0.39 is 11.9 Å². The molecular weight excluding hydrogens is 215 g/mol. The van der Waals surface area contributed by atoms with E-state index in [1.54, 1.807) is 6.92 Å². The van der Waals surface area contributed by atoms with Gasteiger partial charge in [-0.05, 0) is 19.9 Å². The number of Topliss-reactive ketones (excluding diaryl/α,β-unsaturated/α-hetero) is 1. The number of hydrogen-bond donors (Lipinski definition) is 0. The van der Waals surface area contributed by atoms with Crippen molar-refractivity contribution in [1.82, 2.24) is 0 Å². The van der Waals surface area contributed by atoms with Crippen LogP contribution in [0.1, 0.15) is 13.8 Å². The maximum absolute atomic E-state index is 11.1. The van der Waals surface area contributed by atoms with Crippen LogP contribution in [0, 0.1) is 5.92 Å². The summed E-state index contributed by atoms with van der Waals surface area (Å²) in [7, 11) is 0. The number of ether oxygens (including phenoxy) is 1. The molecule has 0 saturated heterocycles. The molecule has 0 fully saturated rings. The van der Waals surface area contributed by atoms with E-state index >= 15 is 0 Å². The van der Waals surface area contributed by atoms with Crippen LogP contribution in [0.3, 0.4) is 0 Å². The van der Waals surface area contributed by atoms with E-state index in [4.69, 9.17) is 23.2 Å². The molecule has 0 bridgehead atoms. The SMILES string of the molecule is CCOC(=O)[C@@H](C=C(Cl)Cl)C(C)=O. The minimum absolute atomic E-state index is 0.117. The van der Waals surface area contributed by atoms with Crippen LogP contribution in [0.15, 0.2) is 10.6 Å². The van der Waals surface area contributed by atoms with Crippen molar-refractivity contribution in [1.29, 1.82) is 0 Å². The summed E-state index contributed by atoms with van der Waals surface area (Å²) in [5.74, 6) is -1.98. The first-order chi connectivity index (χ1) is 5.99. The second-order valence-electron chi connectivity index (χ2n) is 2.30. The van der Waals surface area contributed by atoms with E-state index in [9.17, 15) is 9.59 Å². The van der Waals surface area contributed by atoms with Crippen LogP contribution in [0.5, 0.6) is 0 Å². The molecule has 0 radical (unpaired) electrons. The molecule has 0 aromatic rings. The maximum atomic E-state index is 11.1. The topological polar surface area (TPSA) is 43.4 Å². The van der Waals surface area contributed by atoms with Crippen molar-refractivity contribution in [2.24, 2.45) is 5.92 Å². The Bertz CT molecular complexity index is 232. The minimum Gasteiger partial charge on any atom is -0.465 e. The van der Waals surface area contributed by atoms with E-state index in [1.807, 2.05) is 0 Å². The highest BCUT2D eigenvalue weighted by Crippen LogP contribution is 2.13. The fourth-order valence-corrected chi connectivity index (χ4v) is 0.961. The lowest BCUT2D eigenvalue weighted by Crippen LogP contribution is -2.22.